The van der Waals surface area contributed by atoms with Crippen molar-refractivity contribution in [3.05, 3.63) is 24.3 Å². The van der Waals surface area contributed by atoms with Crippen LogP contribution < -0.4 is 15.4 Å². The van der Waals surface area contributed by atoms with Crippen LogP contribution in [0.15, 0.2) is 24.3 Å². The number of hydrogen-bond acceptors (Lipinski definition) is 3. The lowest BCUT2D eigenvalue weighted by Gasteiger charge is -2.22. The number of fused-ring (bicyclic) bond motifs is 1. The van der Waals surface area contributed by atoms with E-state index in [2.05, 4.69) is 0 Å². The van der Waals surface area contributed by atoms with Gasteiger partial charge in [-0.05, 0) is 18.6 Å². The molecule has 1 aliphatic heterocycles. The minimum Gasteiger partial charge on any atom is -0.470 e. The van der Waals surface area contributed by atoms with Gasteiger partial charge in [0.05, 0.1) is 5.69 Å². The Kier molecular flexibility index (Phi) is 3.54. The van der Waals surface area contributed by atoms with Crippen molar-refractivity contribution in [3.63, 3.8) is 0 Å². The van der Waals surface area contributed by atoms with E-state index in [1.165, 1.54) is 0 Å². The molecule has 1 aromatic carbocycles. The number of carbonyl (C=O) groups is 1. The summed E-state index contributed by atoms with van der Waals surface area (Å²) in [5.41, 5.74) is 5.68. The number of carbonyl (C=O) groups excluding carboxylic acids is 1. The summed E-state index contributed by atoms with van der Waals surface area (Å²) in [6.07, 6.45) is 0.847. The van der Waals surface area contributed by atoms with E-state index in [4.69, 9.17) is 22.1 Å². The zero-order chi connectivity index (χ0) is 12.4. The first-order valence-corrected chi connectivity index (χ1v) is 6.05. The quantitative estimate of drug-likeness (QED) is 0.818. The monoisotopic (exact) mass is 254 g/mol. The molecular formula is C12H15ClN2O2. The molecule has 1 aromatic rings. The topological polar surface area (TPSA) is 55.6 Å². The van der Waals surface area contributed by atoms with Gasteiger partial charge in [0, 0.05) is 6.54 Å². The first kappa shape index (κ1) is 12.2. The largest absolute Gasteiger partial charge is 0.470 e. The molecule has 92 valence electrons. The molecule has 2 rings (SSSR count). The van der Waals surface area contributed by atoms with Crippen LogP contribution in [0, 0.1) is 0 Å². The number of anilines is 1. The van der Waals surface area contributed by atoms with Gasteiger partial charge in [-0.2, -0.15) is 0 Å². The zero-order valence-corrected chi connectivity index (χ0v) is 10.4. The molecule has 0 radical (unpaired) electrons. The van der Waals surface area contributed by atoms with Gasteiger partial charge >= 0.3 is 0 Å². The lowest BCUT2D eigenvalue weighted by molar-refractivity contribution is -0.120. The summed E-state index contributed by atoms with van der Waals surface area (Å²) in [6.45, 7) is 2.61. The highest BCUT2D eigenvalue weighted by molar-refractivity contribution is 6.23. The lowest BCUT2D eigenvalue weighted by atomic mass is 10.2. The van der Waals surface area contributed by atoms with Gasteiger partial charge in [-0.25, -0.2) is 0 Å². The summed E-state index contributed by atoms with van der Waals surface area (Å²) < 4.78 is 5.49. The normalized spacial score (nSPS) is 23.9. The summed E-state index contributed by atoms with van der Waals surface area (Å²) in [7, 11) is 0. The van der Waals surface area contributed by atoms with E-state index < -0.39 is 11.6 Å². The fourth-order valence-electron chi connectivity index (χ4n) is 1.84. The van der Waals surface area contributed by atoms with E-state index >= 15 is 0 Å². The molecule has 5 heteroatoms. The number of nitrogens with zero attached hydrogens (tertiary/aromatic N) is 1. The number of benzene rings is 1. The van der Waals surface area contributed by atoms with E-state index in [9.17, 15) is 4.79 Å². The number of amides is 1. The Hall–Kier alpha value is -1.26. The molecule has 4 nitrogen and oxygen atoms in total. The molecule has 2 N–H and O–H groups in total. The number of alkyl halides is 1. The molecule has 17 heavy (non-hydrogen) atoms. The van der Waals surface area contributed by atoms with Crippen molar-refractivity contribution in [1.82, 2.24) is 0 Å². The van der Waals surface area contributed by atoms with E-state index in [-0.39, 0.29) is 5.91 Å². The average molecular weight is 255 g/mol. The summed E-state index contributed by atoms with van der Waals surface area (Å²) in [6, 6.07) is 6.49. The van der Waals surface area contributed by atoms with Crippen LogP contribution in [-0.2, 0) is 4.79 Å². The van der Waals surface area contributed by atoms with Crippen LogP contribution in [0.2, 0.25) is 0 Å². The van der Waals surface area contributed by atoms with E-state index in [1.807, 2.05) is 25.1 Å². The van der Waals surface area contributed by atoms with Crippen LogP contribution in [0.1, 0.15) is 13.3 Å². The summed E-state index contributed by atoms with van der Waals surface area (Å²) in [4.78, 5) is 13.8. The number of halogens is 1. The van der Waals surface area contributed by atoms with E-state index in [0.717, 1.165) is 12.1 Å². The standard InChI is InChI=1S/C12H15ClN2O2/c1-2-7-15-8-5-3-4-6-9(8)17-11(13)10(14)12(15)16/h3-6,10-11H,2,7,14H2,1H3/t10-,11?/m0/s1. The van der Waals surface area contributed by atoms with E-state index in [0.29, 0.717) is 12.3 Å². The molecular weight excluding hydrogens is 240 g/mol. The maximum atomic E-state index is 12.1. The Balaban J connectivity index is 2.45. The van der Waals surface area contributed by atoms with Gasteiger partial charge in [0.25, 0.3) is 0 Å². The molecule has 0 bridgehead atoms. The second-order valence-electron chi connectivity index (χ2n) is 3.95. The Morgan fingerprint density at radius 2 is 2.18 bits per heavy atom. The Morgan fingerprint density at radius 1 is 1.47 bits per heavy atom. The van der Waals surface area contributed by atoms with Gasteiger partial charge < -0.3 is 15.4 Å². The van der Waals surface area contributed by atoms with E-state index in [1.54, 1.807) is 11.0 Å². The van der Waals surface area contributed by atoms with Crippen LogP contribution in [0.25, 0.3) is 0 Å². The second kappa shape index (κ2) is 4.94. The number of rotatable bonds is 2. The number of ether oxygens (including phenoxy) is 1. The van der Waals surface area contributed by atoms with Gasteiger partial charge in [-0.3, -0.25) is 4.79 Å². The van der Waals surface area contributed by atoms with Crippen molar-refractivity contribution in [1.29, 1.82) is 0 Å². The van der Waals surface area contributed by atoms with Crippen LogP contribution in [0.4, 0.5) is 5.69 Å². The average Bonchev–Trinajstić information content (AvgIpc) is 2.42. The first-order valence-electron chi connectivity index (χ1n) is 5.62. The zero-order valence-electron chi connectivity index (χ0n) is 9.60. The van der Waals surface area contributed by atoms with Crippen molar-refractivity contribution in [2.45, 2.75) is 24.9 Å². The molecule has 0 spiro atoms. The summed E-state index contributed by atoms with van der Waals surface area (Å²) >= 11 is 5.96. The third kappa shape index (κ3) is 2.23. The fraction of sp³-hybridized carbons (Fsp3) is 0.417. The van der Waals surface area contributed by atoms with Crippen LogP contribution in [0.5, 0.6) is 5.75 Å². The number of hydrogen-bond donors (Lipinski definition) is 1. The highest BCUT2D eigenvalue weighted by Crippen LogP contribution is 2.33. The Morgan fingerprint density at radius 3 is 2.88 bits per heavy atom. The Labute approximate surface area is 105 Å². The molecule has 0 saturated heterocycles. The Bertz CT molecular complexity index is 425. The predicted octanol–water partition coefficient (Wildman–Crippen LogP) is 1.71. The molecule has 1 amide bonds. The maximum Gasteiger partial charge on any atom is 0.249 e. The molecule has 0 aromatic heterocycles. The van der Waals surface area contributed by atoms with Crippen LogP contribution >= 0.6 is 11.6 Å². The third-order valence-corrected chi connectivity index (χ3v) is 3.04. The predicted molar refractivity (Wildman–Crippen MR) is 67.3 cm³/mol. The number of nitrogens with two attached hydrogens (primary N) is 1. The first-order chi connectivity index (χ1) is 8.15. The van der Waals surface area contributed by atoms with Gasteiger partial charge in [0.1, 0.15) is 11.8 Å². The van der Waals surface area contributed by atoms with Crippen molar-refractivity contribution in [2.75, 3.05) is 11.4 Å². The van der Waals surface area contributed by atoms with Crippen molar-refractivity contribution < 1.29 is 9.53 Å². The van der Waals surface area contributed by atoms with Crippen LogP contribution in [-0.4, -0.2) is 24.1 Å². The molecule has 0 fully saturated rings. The molecule has 2 atom stereocenters. The van der Waals surface area contributed by atoms with Crippen molar-refractivity contribution in [3.8, 4) is 5.75 Å². The van der Waals surface area contributed by atoms with Gasteiger partial charge in [-0.15, -0.1) is 0 Å². The minimum atomic E-state index is -0.837. The second-order valence-corrected chi connectivity index (χ2v) is 4.38. The van der Waals surface area contributed by atoms with Gasteiger partial charge in [-0.1, -0.05) is 30.7 Å². The molecule has 0 aliphatic carbocycles. The molecule has 1 aliphatic rings. The maximum absolute atomic E-state index is 12.1. The minimum absolute atomic E-state index is 0.197. The van der Waals surface area contributed by atoms with Crippen molar-refractivity contribution >= 4 is 23.2 Å². The fourth-order valence-corrected chi connectivity index (χ4v) is 2.04. The highest BCUT2D eigenvalue weighted by Gasteiger charge is 2.34. The number of para-hydroxylation sites is 2. The van der Waals surface area contributed by atoms with Crippen molar-refractivity contribution in [2.24, 2.45) is 5.73 Å². The third-order valence-electron chi connectivity index (χ3n) is 2.68. The van der Waals surface area contributed by atoms with Crippen LogP contribution in [0.3, 0.4) is 0 Å². The van der Waals surface area contributed by atoms with Gasteiger partial charge in [0.2, 0.25) is 5.91 Å². The smallest absolute Gasteiger partial charge is 0.249 e. The lowest BCUT2D eigenvalue weighted by Crippen LogP contribution is -2.48. The summed E-state index contributed by atoms with van der Waals surface area (Å²) in [5.74, 6) is 0.402. The molecule has 0 saturated carbocycles. The molecule has 1 unspecified atom stereocenters. The summed E-state index contributed by atoms with van der Waals surface area (Å²) in [5, 5.41) is 0. The van der Waals surface area contributed by atoms with Gasteiger partial charge in [0.15, 0.2) is 5.56 Å². The highest BCUT2D eigenvalue weighted by atomic mass is 35.5. The SMILES string of the molecule is CCCN1C(=O)[C@@H](N)C(Cl)Oc2ccccc21. The molecule has 1 heterocycles.